The van der Waals surface area contributed by atoms with E-state index in [2.05, 4.69) is 10.2 Å². The fourth-order valence-corrected chi connectivity index (χ4v) is 3.14. The lowest BCUT2D eigenvalue weighted by molar-refractivity contribution is -0.128. The van der Waals surface area contributed by atoms with E-state index in [1.807, 2.05) is 25.1 Å². The van der Waals surface area contributed by atoms with E-state index in [4.69, 9.17) is 5.73 Å². The van der Waals surface area contributed by atoms with Gasteiger partial charge in [-0.15, -0.1) is 0 Å². The number of nitrogens with two attached hydrogens (primary N) is 1. The van der Waals surface area contributed by atoms with Crippen molar-refractivity contribution in [2.75, 3.05) is 0 Å². The fraction of sp³-hybridized carbons (Fsp3) is 0.375. The van der Waals surface area contributed by atoms with Gasteiger partial charge < -0.3 is 10.6 Å². The molecule has 1 aliphatic heterocycles. The number of benzene rings is 1. The number of carbonyl (C=O) groups excluding carboxylic acids is 2. The number of primary amides is 1. The fourth-order valence-electron chi connectivity index (χ4n) is 3.14. The van der Waals surface area contributed by atoms with Gasteiger partial charge in [0.2, 0.25) is 5.91 Å². The van der Waals surface area contributed by atoms with Crippen molar-refractivity contribution in [1.82, 2.24) is 19.9 Å². The number of likely N-dealkylation sites (tertiary alicyclic amines) is 1. The molecule has 0 bridgehead atoms. The average molecular weight is 313 g/mol. The highest BCUT2D eigenvalue weighted by Gasteiger charge is 2.43. The summed E-state index contributed by atoms with van der Waals surface area (Å²) in [5, 5.41) is 8.27. The van der Waals surface area contributed by atoms with Gasteiger partial charge >= 0.3 is 0 Å². The average Bonchev–Trinajstić information content (AvgIpc) is 3.08. The normalized spacial score (nSPS) is 24.4. The summed E-state index contributed by atoms with van der Waals surface area (Å²) in [7, 11) is 0. The summed E-state index contributed by atoms with van der Waals surface area (Å²) < 4.78 is 0. The Morgan fingerprint density at radius 3 is 2.39 bits per heavy atom. The highest BCUT2D eigenvalue weighted by atomic mass is 16.2. The van der Waals surface area contributed by atoms with Gasteiger partial charge in [0.1, 0.15) is 0 Å². The molecule has 3 unspecified atom stereocenters. The highest BCUT2D eigenvalue weighted by Crippen LogP contribution is 2.35. The predicted octanol–water partition coefficient (Wildman–Crippen LogP) is 1.20. The smallest absolute Gasteiger partial charge is 0.255 e. The molecule has 7 heteroatoms. The lowest BCUT2D eigenvalue weighted by Gasteiger charge is -2.43. The summed E-state index contributed by atoms with van der Waals surface area (Å²) in [5.74, 6) is -1.09. The van der Waals surface area contributed by atoms with Crippen LogP contribution in [0.4, 0.5) is 0 Å². The Labute approximate surface area is 134 Å². The minimum Gasteiger partial charge on any atom is -0.369 e. The minimum absolute atomic E-state index is 0.0330. The Bertz CT molecular complexity index is 686. The number of nitrogens with zero attached hydrogens (tertiary/aromatic N) is 4. The summed E-state index contributed by atoms with van der Waals surface area (Å²) in [6.07, 6.45) is 3.79. The van der Waals surface area contributed by atoms with Gasteiger partial charge in [-0.1, -0.05) is 18.2 Å². The van der Waals surface area contributed by atoms with Crippen molar-refractivity contribution >= 4 is 11.8 Å². The van der Waals surface area contributed by atoms with Crippen molar-refractivity contribution in [3.05, 3.63) is 48.3 Å². The quantitative estimate of drug-likeness (QED) is 0.921. The van der Waals surface area contributed by atoms with Gasteiger partial charge in [-0.3, -0.25) is 9.59 Å². The van der Waals surface area contributed by atoms with Crippen LogP contribution >= 0.6 is 0 Å². The molecule has 1 fully saturated rings. The van der Waals surface area contributed by atoms with Crippen LogP contribution in [0.2, 0.25) is 0 Å². The molecular weight excluding hydrogens is 294 g/mol. The Balaban J connectivity index is 2.02. The molecule has 0 spiro atoms. The molecule has 1 aromatic carbocycles. The van der Waals surface area contributed by atoms with Gasteiger partial charge in [-0.2, -0.15) is 15.0 Å². The summed E-state index contributed by atoms with van der Waals surface area (Å²) in [6, 6.07) is 8.97. The monoisotopic (exact) mass is 313 g/mol. The van der Waals surface area contributed by atoms with E-state index >= 15 is 0 Å². The van der Waals surface area contributed by atoms with E-state index < -0.39 is 18.0 Å². The first-order chi connectivity index (χ1) is 11.1. The molecular formula is C16H19N5O2. The number of aromatic nitrogens is 3. The number of amides is 2. The third-order valence-electron chi connectivity index (χ3n) is 4.31. The molecule has 2 N–H and O–H groups in total. The van der Waals surface area contributed by atoms with Crippen LogP contribution in [0.25, 0.3) is 0 Å². The van der Waals surface area contributed by atoms with Crippen LogP contribution in [0.15, 0.2) is 42.7 Å². The molecule has 2 heterocycles. The Hall–Kier alpha value is -2.70. The van der Waals surface area contributed by atoms with Gasteiger partial charge in [0.15, 0.2) is 6.17 Å². The second-order valence-electron chi connectivity index (χ2n) is 5.78. The van der Waals surface area contributed by atoms with Gasteiger partial charge in [-0.05, 0) is 31.9 Å². The predicted molar refractivity (Wildman–Crippen MR) is 83.1 cm³/mol. The lowest BCUT2D eigenvalue weighted by atomic mass is 9.89. The molecule has 0 saturated carbocycles. The van der Waals surface area contributed by atoms with E-state index in [9.17, 15) is 9.59 Å². The first-order valence-electron chi connectivity index (χ1n) is 7.62. The minimum atomic E-state index is -0.598. The Morgan fingerprint density at radius 1 is 1.13 bits per heavy atom. The molecule has 2 aromatic rings. The third kappa shape index (κ3) is 2.81. The maximum Gasteiger partial charge on any atom is 0.255 e. The van der Waals surface area contributed by atoms with Gasteiger partial charge in [0, 0.05) is 11.6 Å². The van der Waals surface area contributed by atoms with Crippen molar-refractivity contribution in [3.63, 3.8) is 0 Å². The second kappa shape index (κ2) is 6.20. The third-order valence-corrected chi connectivity index (χ3v) is 4.31. The summed E-state index contributed by atoms with van der Waals surface area (Å²) in [5.41, 5.74) is 6.14. The second-order valence-corrected chi connectivity index (χ2v) is 5.78. The number of hydrogen-bond donors (Lipinski definition) is 1. The molecule has 0 aliphatic carbocycles. The summed E-state index contributed by atoms with van der Waals surface area (Å²) in [4.78, 5) is 28.0. The van der Waals surface area contributed by atoms with Crippen LogP contribution in [-0.4, -0.2) is 37.7 Å². The van der Waals surface area contributed by atoms with E-state index in [1.54, 1.807) is 17.0 Å². The molecule has 3 rings (SSSR count). The van der Waals surface area contributed by atoms with Gasteiger partial charge in [0.05, 0.1) is 18.3 Å². The standard InChI is InChI=1S/C16H19N5O2/c1-11-7-8-13(14(17)22)15(21-18-9-10-19-21)20(11)16(23)12-5-3-2-4-6-12/h2-6,9-11,13,15H,7-8H2,1H3,(H2,17,22). The zero-order valence-corrected chi connectivity index (χ0v) is 12.9. The summed E-state index contributed by atoms with van der Waals surface area (Å²) in [6.45, 7) is 1.97. The van der Waals surface area contributed by atoms with Gasteiger partial charge in [-0.25, -0.2) is 0 Å². The molecule has 1 aliphatic rings. The zero-order chi connectivity index (χ0) is 16.4. The van der Waals surface area contributed by atoms with Crippen molar-refractivity contribution in [2.45, 2.75) is 32.0 Å². The molecule has 1 saturated heterocycles. The van der Waals surface area contributed by atoms with Crippen molar-refractivity contribution in [2.24, 2.45) is 11.7 Å². The van der Waals surface area contributed by atoms with E-state index in [1.165, 1.54) is 17.2 Å². The Morgan fingerprint density at radius 2 is 1.78 bits per heavy atom. The van der Waals surface area contributed by atoms with Crippen LogP contribution in [0.1, 0.15) is 36.3 Å². The largest absolute Gasteiger partial charge is 0.369 e. The van der Waals surface area contributed by atoms with Crippen LogP contribution in [0, 0.1) is 5.92 Å². The van der Waals surface area contributed by atoms with Crippen molar-refractivity contribution < 1.29 is 9.59 Å². The molecule has 2 amide bonds. The van der Waals surface area contributed by atoms with Crippen molar-refractivity contribution in [1.29, 1.82) is 0 Å². The van der Waals surface area contributed by atoms with Crippen LogP contribution in [-0.2, 0) is 4.79 Å². The SMILES string of the molecule is CC1CCC(C(N)=O)C(n2nccn2)N1C(=O)c1ccccc1. The number of carbonyl (C=O) groups is 2. The van der Waals surface area contributed by atoms with Crippen molar-refractivity contribution in [3.8, 4) is 0 Å². The number of piperidine rings is 1. The number of rotatable bonds is 3. The maximum absolute atomic E-state index is 13.0. The Kier molecular flexibility index (Phi) is 4.10. The van der Waals surface area contributed by atoms with Crippen LogP contribution in [0.5, 0.6) is 0 Å². The molecule has 1 aromatic heterocycles. The van der Waals surface area contributed by atoms with Crippen LogP contribution in [0.3, 0.4) is 0 Å². The molecule has 23 heavy (non-hydrogen) atoms. The topological polar surface area (TPSA) is 94.1 Å². The summed E-state index contributed by atoms with van der Waals surface area (Å²) >= 11 is 0. The maximum atomic E-state index is 13.0. The molecule has 3 atom stereocenters. The first kappa shape index (κ1) is 15.2. The number of hydrogen-bond acceptors (Lipinski definition) is 4. The van der Waals surface area contributed by atoms with E-state index in [0.29, 0.717) is 18.4 Å². The lowest BCUT2D eigenvalue weighted by Crippen LogP contribution is -2.53. The van der Waals surface area contributed by atoms with Gasteiger partial charge in [0.25, 0.3) is 5.91 Å². The first-order valence-corrected chi connectivity index (χ1v) is 7.62. The highest BCUT2D eigenvalue weighted by molar-refractivity contribution is 5.95. The van der Waals surface area contributed by atoms with E-state index in [-0.39, 0.29) is 11.9 Å². The van der Waals surface area contributed by atoms with Crippen LogP contribution < -0.4 is 5.73 Å². The van der Waals surface area contributed by atoms with E-state index in [0.717, 1.165) is 0 Å². The molecule has 0 radical (unpaired) electrons. The zero-order valence-electron chi connectivity index (χ0n) is 12.9. The molecule has 7 nitrogen and oxygen atoms in total. The molecule has 120 valence electrons.